The van der Waals surface area contributed by atoms with Gasteiger partial charge in [0.25, 0.3) is 0 Å². The Labute approximate surface area is 250 Å². The van der Waals surface area contributed by atoms with Crippen molar-refractivity contribution < 1.29 is 38.0 Å². The van der Waals surface area contributed by atoms with Gasteiger partial charge in [-0.25, -0.2) is 14.8 Å². The first-order chi connectivity index (χ1) is 20.1. The van der Waals surface area contributed by atoms with Crippen LogP contribution in [-0.4, -0.2) is 101 Å². The van der Waals surface area contributed by atoms with Crippen LogP contribution < -0.4 is 14.8 Å². The number of aromatic nitrogens is 3. The van der Waals surface area contributed by atoms with E-state index in [9.17, 15) is 14.7 Å². The first-order valence-electron chi connectivity index (χ1n) is 13.2. The zero-order valence-electron chi connectivity index (χ0n) is 24.0. The second kappa shape index (κ2) is 13.5. The summed E-state index contributed by atoms with van der Waals surface area (Å²) in [5, 5.41) is 13.2. The molecule has 0 radical (unpaired) electrons. The van der Waals surface area contributed by atoms with Crippen LogP contribution in [0.15, 0.2) is 29.0 Å². The number of benzene rings is 1. The fraction of sp³-hybridized carbons (Fsp3) is 0.481. The van der Waals surface area contributed by atoms with Crippen molar-refractivity contribution in [1.29, 1.82) is 0 Å². The lowest BCUT2D eigenvalue weighted by atomic mass is 10.1. The lowest BCUT2D eigenvalue weighted by Gasteiger charge is -2.40. The van der Waals surface area contributed by atoms with E-state index in [2.05, 4.69) is 31.2 Å². The number of imidazole rings is 1. The van der Waals surface area contributed by atoms with Gasteiger partial charge in [0.2, 0.25) is 5.95 Å². The Morgan fingerprint density at radius 1 is 1.29 bits per heavy atom. The third kappa shape index (κ3) is 6.68. The summed E-state index contributed by atoms with van der Waals surface area (Å²) >= 11 is 3.42. The highest BCUT2D eigenvalue weighted by Gasteiger charge is 2.37. The van der Waals surface area contributed by atoms with Crippen LogP contribution >= 0.6 is 15.9 Å². The summed E-state index contributed by atoms with van der Waals surface area (Å²) in [7, 11) is 4.43. The van der Waals surface area contributed by atoms with E-state index in [0.29, 0.717) is 34.0 Å². The summed E-state index contributed by atoms with van der Waals surface area (Å²) in [6.45, 7) is 4.30. The third-order valence-corrected chi connectivity index (χ3v) is 7.65. The van der Waals surface area contributed by atoms with Gasteiger partial charge < -0.3 is 29.4 Å². The molecule has 4 rings (SSSR count). The van der Waals surface area contributed by atoms with E-state index in [4.69, 9.17) is 18.9 Å². The molecule has 3 aromatic rings. The van der Waals surface area contributed by atoms with Crippen molar-refractivity contribution in [1.82, 2.24) is 24.2 Å². The van der Waals surface area contributed by atoms with E-state index in [-0.39, 0.29) is 38.1 Å². The molecule has 2 atom stereocenters. The molecule has 228 valence electrons. The van der Waals surface area contributed by atoms with E-state index < -0.39 is 30.2 Å². The van der Waals surface area contributed by atoms with E-state index in [0.717, 1.165) is 11.8 Å². The zero-order chi connectivity index (χ0) is 30.6. The number of hydrogen-bond acceptors (Lipinski definition) is 10. The Kier molecular flexibility index (Phi) is 10.1. The van der Waals surface area contributed by atoms with Crippen LogP contribution in [0.3, 0.4) is 0 Å². The van der Waals surface area contributed by atoms with Crippen LogP contribution in [0.4, 0.5) is 15.0 Å². The van der Waals surface area contributed by atoms with Gasteiger partial charge in [-0.15, -0.1) is 0 Å². The number of carbonyl (C=O) groups is 2. The number of nitrogens with zero attached hydrogens (tertiary/aromatic N) is 5. The van der Waals surface area contributed by atoms with Gasteiger partial charge in [-0.1, -0.05) is 0 Å². The van der Waals surface area contributed by atoms with Crippen molar-refractivity contribution in [2.75, 3.05) is 52.9 Å². The van der Waals surface area contributed by atoms with Crippen LogP contribution in [0.2, 0.25) is 0 Å². The minimum atomic E-state index is -1.16. The van der Waals surface area contributed by atoms with Gasteiger partial charge in [-0.2, -0.15) is 4.39 Å². The molecule has 2 unspecified atom stereocenters. The number of rotatable bonds is 11. The molecule has 0 aliphatic carbocycles. The van der Waals surface area contributed by atoms with Gasteiger partial charge in [0.05, 0.1) is 53.3 Å². The van der Waals surface area contributed by atoms with Gasteiger partial charge in [-0.05, 0) is 41.9 Å². The molecule has 1 amide bonds. The molecule has 0 saturated carbocycles. The Bertz CT molecular complexity index is 1440. The van der Waals surface area contributed by atoms with Crippen molar-refractivity contribution in [2.45, 2.75) is 38.6 Å². The number of halogens is 2. The van der Waals surface area contributed by atoms with E-state index in [1.807, 2.05) is 24.8 Å². The molecule has 1 aromatic carbocycles. The van der Waals surface area contributed by atoms with Gasteiger partial charge in [0.1, 0.15) is 33.5 Å². The molecule has 42 heavy (non-hydrogen) atoms. The molecule has 13 nitrogen and oxygen atoms in total. The highest BCUT2D eigenvalue weighted by Crippen LogP contribution is 2.33. The molecule has 0 bridgehead atoms. The fourth-order valence-corrected chi connectivity index (χ4v) is 5.33. The summed E-state index contributed by atoms with van der Waals surface area (Å²) in [4.78, 5) is 36.0. The smallest absolute Gasteiger partial charge is 0.407 e. The predicted molar refractivity (Wildman–Crippen MR) is 153 cm³/mol. The van der Waals surface area contributed by atoms with Crippen LogP contribution in [0.5, 0.6) is 11.5 Å². The lowest BCUT2D eigenvalue weighted by molar-refractivity contribution is -0.143. The minimum absolute atomic E-state index is 0.00971. The van der Waals surface area contributed by atoms with E-state index in [1.165, 1.54) is 16.4 Å². The Morgan fingerprint density at radius 3 is 2.69 bits per heavy atom. The zero-order valence-corrected chi connectivity index (χ0v) is 25.6. The standard InChI is InChI=1S/C27H34BrFN6O7/c1-15(2)33(13-22(36)41-5)11-17-14-42-20(12-34(17)27(37)38)26-32-24(28)23-25(31-10-21(29)35(23)26)30-9-16-6-7-18(39-3)8-19(16)40-4/h6-8,10,15,17,20H,9,11-14H2,1-5H3,(H,30,31)(H,37,38). The molecule has 3 heterocycles. The number of carboxylic acid groups (broad SMARTS) is 1. The largest absolute Gasteiger partial charge is 0.497 e. The second-order valence-corrected chi connectivity index (χ2v) is 10.7. The first-order valence-corrected chi connectivity index (χ1v) is 14.0. The number of anilines is 1. The number of ether oxygens (including phenoxy) is 4. The van der Waals surface area contributed by atoms with E-state index in [1.54, 1.807) is 26.4 Å². The van der Waals surface area contributed by atoms with Crippen molar-refractivity contribution >= 4 is 39.3 Å². The van der Waals surface area contributed by atoms with Crippen molar-refractivity contribution in [3.8, 4) is 11.5 Å². The first kappa shape index (κ1) is 31.3. The molecule has 0 spiro atoms. The van der Waals surface area contributed by atoms with Crippen molar-refractivity contribution in [2.24, 2.45) is 0 Å². The van der Waals surface area contributed by atoms with Gasteiger partial charge in [-0.3, -0.25) is 19.0 Å². The molecular formula is C27H34BrFN6O7. The lowest BCUT2D eigenvalue weighted by Crippen LogP contribution is -2.55. The Balaban J connectivity index is 1.58. The topological polar surface area (TPSA) is 140 Å². The number of nitrogens with one attached hydrogen (secondary N) is 1. The number of morpholine rings is 1. The monoisotopic (exact) mass is 652 g/mol. The predicted octanol–water partition coefficient (Wildman–Crippen LogP) is 3.56. The highest BCUT2D eigenvalue weighted by atomic mass is 79.9. The van der Waals surface area contributed by atoms with Crippen LogP contribution in [-0.2, 0) is 20.8 Å². The maximum atomic E-state index is 15.3. The highest BCUT2D eigenvalue weighted by molar-refractivity contribution is 9.10. The molecule has 1 aliphatic heterocycles. The Hall–Kier alpha value is -3.69. The van der Waals surface area contributed by atoms with Gasteiger partial charge >= 0.3 is 12.1 Å². The number of methoxy groups -OCH3 is 3. The second-order valence-electron chi connectivity index (χ2n) is 9.92. The van der Waals surface area contributed by atoms with Crippen LogP contribution in [0, 0.1) is 5.95 Å². The van der Waals surface area contributed by atoms with Crippen LogP contribution in [0.25, 0.3) is 5.52 Å². The maximum absolute atomic E-state index is 15.3. The molecule has 1 aliphatic rings. The van der Waals surface area contributed by atoms with Crippen molar-refractivity contribution in [3.63, 3.8) is 0 Å². The molecule has 1 saturated heterocycles. The molecule has 15 heteroatoms. The molecule has 2 aromatic heterocycles. The quantitative estimate of drug-likeness (QED) is 0.294. The normalized spacial score (nSPS) is 17.1. The number of esters is 1. The number of fused-ring (bicyclic) bond motifs is 1. The minimum Gasteiger partial charge on any atom is -0.497 e. The van der Waals surface area contributed by atoms with Crippen molar-refractivity contribution in [3.05, 3.63) is 46.3 Å². The summed E-state index contributed by atoms with van der Waals surface area (Å²) in [5.74, 6) is 0.664. The summed E-state index contributed by atoms with van der Waals surface area (Å²) in [5.41, 5.74) is 1.15. The summed E-state index contributed by atoms with van der Waals surface area (Å²) in [6, 6.07) is 4.80. The fourth-order valence-electron chi connectivity index (χ4n) is 4.79. The number of hydrogen-bond donors (Lipinski definition) is 2. The van der Waals surface area contributed by atoms with Gasteiger partial charge in [0.15, 0.2) is 5.82 Å². The number of carbonyl (C=O) groups excluding carboxylic acids is 1. The average molecular weight is 654 g/mol. The van der Waals surface area contributed by atoms with E-state index >= 15 is 4.39 Å². The molecule has 2 N–H and O–H groups in total. The Morgan fingerprint density at radius 2 is 2.05 bits per heavy atom. The van der Waals surface area contributed by atoms with Crippen LogP contribution in [0.1, 0.15) is 31.3 Å². The maximum Gasteiger partial charge on any atom is 0.407 e. The molecule has 1 fully saturated rings. The third-order valence-electron chi connectivity index (χ3n) is 7.10. The SMILES string of the molecule is COC(=O)CN(CC1COC(c2nc(Br)c3c(NCc4ccc(OC)cc4OC)ncc(F)n23)CN1C(=O)O)C(C)C. The van der Waals surface area contributed by atoms with Gasteiger partial charge in [0, 0.05) is 30.8 Å². The average Bonchev–Trinajstić information content (AvgIpc) is 3.34. The summed E-state index contributed by atoms with van der Waals surface area (Å²) in [6.07, 6.45) is -0.963. The molecular weight excluding hydrogens is 619 g/mol. The number of amides is 1. The summed E-state index contributed by atoms with van der Waals surface area (Å²) < 4.78 is 38.4.